The number of fused-ring (bicyclic) bond motifs is 1. The van der Waals surface area contributed by atoms with E-state index >= 15 is 0 Å². The molecule has 30 heavy (non-hydrogen) atoms. The average Bonchev–Trinajstić information content (AvgIpc) is 3.06. The lowest BCUT2D eigenvalue weighted by Gasteiger charge is -2.14. The molecule has 0 aliphatic rings. The number of nitrogens with zero attached hydrogens (tertiary/aromatic N) is 2. The van der Waals surface area contributed by atoms with Crippen molar-refractivity contribution in [2.24, 2.45) is 0 Å². The first-order chi connectivity index (χ1) is 14.3. The smallest absolute Gasteiger partial charge is 0.261 e. The number of carbonyl (C=O) groups is 1. The lowest BCUT2D eigenvalue weighted by atomic mass is 10.1. The molecule has 0 unspecified atom stereocenters. The minimum Gasteiger partial charge on any atom is -0.391 e. The van der Waals surface area contributed by atoms with Gasteiger partial charge in [0.05, 0.1) is 33.3 Å². The summed E-state index contributed by atoms with van der Waals surface area (Å²) in [4.78, 5) is 17.5. The number of aryl methyl sites for hydroxylation is 2. The summed E-state index contributed by atoms with van der Waals surface area (Å²) in [5, 5.41) is 12.5. The van der Waals surface area contributed by atoms with E-state index < -0.39 is 22.0 Å². The van der Waals surface area contributed by atoms with E-state index in [1.165, 1.54) is 18.2 Å². The molecule has 3 aromatic rings. The molecule has 8 nitrogen and oxygen atoms in total. The fourth-order valence-electron chi connectivity index (χ4n) is 3.27. The number of sulfonamides is 1. The Labute approximate surface area is 176 Å². The zero-order chi connectivity index (χ0) is 21.9. The van der Waals surface area contributed by atoms with Gasteiger partial charge in [-0.2, -0.15) is 0 Å². The third-order valence-electron chi connectivity index (χ3n) is 4.87. The number of nitrogens with one attached hydrogen (secondary N) is 2. The number of anilines is 1. The van der Waals surface area contributed by atoms with E-state index in [0.29, 0.717) is 29.6 Å². The third-order valence-corrected chi connectivity index (χ3v) is 6.27. The molecule has 0 bridgehead atoms. The van der Waals surface area contributed by atoms with Gasteiger partial charge in [-0.3, -0.25) is 9.52 Å². The Bertz CT molecular complexity index is 1160. The molecule has 3 rings (SSSR count). The van der Waals surface area contributed by atoms with Crippen LogP contribution in [0.2, 0.25) is 0 Å². The molecule has 3 N–H and O–H groups in total. The van der Waals surface area contributed by atoms with Crippen molar-refractivity contribution >= 4 is 32.7 Å². The van der Waals surface area contributed by atoms with Crippen LogP contribution in [0.1, 0.15) is 36.5 Å². The number of hydrogen-bond donors (Lipinski definition) is 3. The minimum atomic E-state index is -3.82. The molecule has 0 saturated heterocycles. The molecule has 0 aliphatic carbocycles. The Morgan fingerprint density at radius 1 is 1.20 bits per heavy atom. The Morgan fingerprint density at radius 3 is 2.53 bits per heavy atom. The molecule has 1 aromatic heterocycles. The molecule has 0 fully saturated rings. The maximum absolute atomic E-state index is 12.9. The first-order valence-corrected chi connectivity index (χ1v) is 11.3. The van der Waals surface area contributed by atoms with Crippen molar-refractivity contribution in [2.75, 3.05) is 11.3 Å². The van der Waals surface area contributed by atoms with Crippen molar-refractivity contribution in [1.29, 1.82) is 0 Å². The number of benzene rings is 2. The largest absolute Gasteiger partial charge is 0.391 e. The molecule has 0 aliphatic heterocycles. The van der Waals surface area contributed by atoms with Crippen LogP contribution in [0.15, 0.2) is 47.4 Å². The van der Waals surface area contributed by atoms with Gasteiger partial charge in [-0.05, 0) is 44.5 Å². The second kappa shape index (κ2) is 8.85. The summed E-state index contributed by atoms with van der Waals surface area (Å²) in [6, 6.07) is 11.1. The van der Waals surface area contributed by atoms with Crippen molar-refractivity contribution in [3.05, 3.63) is 53.9 Å². The SMILES string of the molecule is CC[C@H](O)CNC(=O)c1cc(NS(=O)(=O)c2ccccc2)cc2nc(C)n(CC)c12. The molecular formula is C21H26N4O4S. The lowest BCUT2D eigenvalue weighted by Crippen LogP contribution is -2.32. The van der Waals surface area contributed by atoms with Crippen LogP contribution in [0.3, 0.4) is 0 Å². The summed E-state index contributed by atoms with van der Waals surface area (Å²) in [5.74, 6) is 0.320. The summed E-state index contributed by atoms with van der Waals surface area (Å²) in [7, 11) is -3.82. The molecule has 1 amide bonds. The lowest BCUT2D eigenvalue weighted by molar-refractivity contribution is 0.0915. The second-order valence-corrected chi connectivity index (χ2v) is 8.67. The number of hydrogen-bond acceptors (Lipinski definition) is 5. The van der Waals surface area contributed by atoms with E-state index in [1.54, 1.807) is 24.3 Å². The monoisotopic (exact) mass is 430 g/mol. The van der Waals surface area contributed by atoms with Crippen LogP contribution in [0.4, 0.5) is 5.69 Å². The molecule has 1 atom stereocenters. The van der Waals surface area contributed by atoms with E-state index in [2.05, 4.69) is 15.0 Å². The highest BCUT2D eigenvalue weighted by atomic mass is 32.2. The van der Waals surface area contributed by atoms with Crippen LogP contribution >= 0.6 is 0 Å². The van der Waals surface area contributed by atoms with Crippen LogP contribution in [-0.2, 0) is 16.6 Å². The van der Waals surface area contributed by atoms with Gasteiger partial charge in [0.2, 0.25) is 0 Å². The van der Waals surface area contributed by atoms with E-state index in [9.17, 15) is 18.3 Å². The van der Waals surface area contributed by atoms with Crippen LogP contribution in [0.25, 0.3) is 11.0 Å². The molecule has 0 spiro atoms. The van der Waals surface area contributed by atoms with Gasteiger partial charge in [0.15, 0.2) is 0 Å². The number of amides is 1. The maximum Gasteiger partial charge on any atom is 0.261 e. The van der Waals surface area contributed by atoms with Crippen molar-refractivity contribution in [2.45, 2.75) is 44.7 Å². The first kappa shape index (κ1) is 21.8. The van der Waals surface area contributed by atoms with Crippen molar-refractivity contribution < 1.29 is 18.3 Å². The molecule has 2 aromatic carbocycles. The Kier molecular flexibility index (Phi) is 6.42. The summed E-state index contributed by atoms with van der Waals surface area (Å²) in [6.45, 7) is 6.32. The van der Waals surface area contributed by atoms with E-state index in [1.807, 2.05) is 25.3 Å². The van der Waals surface area contributed by atoms with Gasteiger partial charge in [-0.1, -0.05) is 25.1 Å². The van der Waals surface area contributed by atoms with Gasteiger partial charge in [0, 0.05) is 13.1 Å². The summed E-state index contributed by atoms with van der Waals surface area (Å²) >= 11 is 0. The summed E-state index contributed by atoms with van der Waals surface area (Å²) in [5.41, 5.74) is 1.68. The van der Waals surface area contributed by atoms with Gasteiger partial charge in [0.1, 0.15) is 5.82 Å². The van der Waals surface area contributed by atoms with Crippen LogP contribution in [-0.4, -0.2) is 41.6 Å². The van der Waals surface area contributed by atoms with Crippen LogP contribution in [0.5, 0.6) is 0 Å². The number of imidazole rings is 1. The number of aliphatic hydroxyl groups excluding tert-OH is 1. The predicted octanol–water partition coefficient (Wildman–Crippen LogP) is 2.67. The van der Waals surface area contributed by atoms with Gasteiger partial charge in [-0.25, -0.2) is 13.4 Å². The molecular weight excluding hydrogens is 404 g/mol. The predicted molar refractivity (Wildman–Crippen MR) is 116 cm³/mol. The zero-order valence-electron chi connectivity index (χ0n) is 17.2. The molecule has 9 heteroatoms. The quantitative estimate of drug-likeness (QED) is 0.508. The number of rotatable bonds is 8. The molecule has 0 radical (unpaired) electrons. The standard InChI is InChI=1S/C21H26N4O4S/c1-4-16(26)13-22-21(27)18-11-15(12-19-20(18)25(5-2)14(3)23-19)24-30(28,29)17-9-7-6-8-10-17/h6-12,16,24,26H,4-5,13H2,1-3H3,(H,22,27)/t16-/m0/s1. The summed E-state index contributed by atoms with van der Waals surface area (Å²) < 4.78 is 29.9. The second-order valence-electron chi connectivity index (χ2n) is 6.99. The van der Waals surface area contributed by atoms with E-state index in [4.69, 9.17) is 0 Å². The highest BCUT2D eigenvalue weighted by Gasteiger charge is 2.21. The number of aliphatic hydroxyl groups is 1. The van der Waals surface area contributed by atoms with Gasteiger partial charge < -0.3 is 15.0 Å². The third kappa shape index (κ3) is 4.47. The fraction of sp³-hybridized carbons (Fsp3) is 0.333. The van der Waals surface area contributed by atoms with Crippen LogP contribution < -0.4 is 10.0 Å². The minimum absolute atomic E-state index is 0.107. The topological polar surface area (TPSA) is 113 Å². The van der Waals surface area contributed by atoms with Crippen molar-refractivity contribution in [3.63, 3.8) is 0 Å². The van der Waals surface area contributed by atoms with Crippen molar-refractivity contribution in [1.82, 2.24) is 14.9 Å². The Hall–Kier alpha value is -2.91. The summed E-state index contributed by atoms with van der Waals surface area (Å²) in [6.07, 6.45) is -0.138. The Balaban J connectivity index is 2.06. The van der Waals surface area contributed by atoms with Crippen molar-refractivity contribution in [3.8, 4) is 0 Å². The first-order valence-electron chi connectivity index (χ1n) is 9.81. The molecule has 1 heterocycles. The molecule has 0 saturated carbocycles. The van der Waals surface area contributed by atoms with Gasteiger partial charge in [-0.15, -0.1) is 0 Å². The molecule has 160 valence electrons. The highest BCUT2D eigenvalue weighted by Crippen LogP contribution is 2.27. The maximum atomic E-state index is 12.9. The number of aromatic nitrogens is 2. The van der Waals surface area contributed by atoms with Gasteiger partial charge >= 0.3 is 0 Å². The van der Waals surface area contributed by atoms with Crippen LogP contribution in [0, 0.1) is 6.92 Å². The van der Waals surface area contributed by atoms with E-state index in [0.717, 1.165) is 5.82 Å². The zero-order valence-corrected chi connectivity index (χ0v) is 18.0. The Morgan fingerprint density at radius 2 is 1.90 bits per heavy atom. The normalized spacial score (nSPS) is 12.7. The fourth-order valence-corrected chi connectivity index (χ4v) is 4.33. The highest BCUT2D eigenvalue weighted by molar-refractivity contribution is 7.92. The average molecular weight is 431 g/mol. The van der Waals surface area contributed by atoms with E-state index in [-0.39, 0.29) is 17.1 Å². The number of carbonyl (C=O) groups excluding carboxylic acids is 1. The van der Waals surface area contributed by atoms with Gasteiger partial charge in [0.25, 0.3) is 15.9 Å².